The highest BCUT2D eigenvalue weighted by Gasteiger charge is 2.35. The predicted octanol–water partition coefficient (Wildman–Crippen LogP) is 4.05. The molecule has 0 spiro atoms. The highest BCUT2D eigenvalue weighted by Crippen LogP contribution is 2.37. The molecule has 1 aliphatic rings. The smallest absolute Gasteiger partial charge is 0.313 e. The number of amides is 1. The van der Waals surface area contributed by atoms with Crippen molar-refractivity contribution in [3.8, 4) is 17.6 Å². The number of carbonyl (C=O) groups excluding carboxylic acids is 1. The summed E-state index contributed by atoms with van der Waals surface area (Å²) < 4.78 is 33.6. The summed E-state index contributed by atoms with van der Waals surface area (Å²) in [6.07, 6.45) is 0.310. The van der Waals surface area contributed by atoms with Gasteiger partial charge in [-0.1, -0.05) is 17.7 Å². The van der Waals surface area contributed by atoms with Crippen molar-refractivity contribution < 1.29 is 22.9 Å². The van der Waals surface area contributed by atoms with Crippen LogP contribution in [0.4, 0.5) is 5.69 Å². The van der Waals surface area contributed by atoms with Gasteiger partial charge in [-0.25, -0.2) is 8.42 Å². The van der Waals surface area contributed by atoms with Crippen LogP contribution in [-0.4, -0.2) is 36.7 Å². The lowest BCUT2D eigenvalue weighted by Crippen LogP contribution is -2.41. The number of nitro groups is 1. The fourth-order valence-corrected chi connectivity index (χ4v) is 5.67. The van der Waals surface area contributed by atoms with Gasteiger partial charge in [0.2, 0.25) is 21.7 Å². The number of halogens is 1. The Hall–Kier alpha value is -3.50. The summed E-state index contributed by atoms with van der Waals surface area (Å²) >= 11 is 7.31. The molecule has 1 N–H and O–H groups in total. The molecule has 1 atom stereocenters. The molecule has 0 radical (unpaired) electrons. The van der Waals surface area contributed by atoms with Gasteiger partial charge in [0.15, 0.2) is 0 Å². The lowest BCUT2D eigenvalue weighted by atomic mass is 10.3. The van der Waals surface area contributed by atoms with E-state index in [1.807, 2.05) is 6.07 Å². The van der Waals surface area contributed by atoms with Crippen LogP contribution in [0.3, 0.4) is 0 Å². The van der Waals surface area contributed by atoms with Crippen LogP contribution in [0.25, 0.3) is 0 Å². The van der Waals surface area contributed by atoms with Crippen molar-refractivity contribution in [2.45, 2.75) is 23.9 Å². The quantitative estimate of drug-likeness (QED) is 0.340. The van der Waals surface area contributed by atoms with E-state index in [4.69, 9.17) is 21.6 Å². The highest BCUT2D eigenvalue weighted by molar-refractivity contribution is 7.89. The predicted molar refractivity (Wildman–Crippen MR) is 128 cm³/mol. The highest BCUT2D eigenvalue weighted by atomic mass is 35.5. The van der Waals surface area contributed by atoms with E-state index in [9.17, 15) is 23.3 Å². The summed E-state index contributed by atoms with van der Waals surface area (Å²) in [5.74, 6) is -0.350. The number of para-hydroxylation sites is 1. The third kappa shape index (κ3) is 5.44. The van der Waals surface area contributed by atoms with Gasteiger partial charge >= 0.3 is 5.69 Å². The Morgan fingerprint density at radius 3 is 2.69 bits per heavy atom. The maximum absolute atomic E-state index is 12.8. The number of nitriles is 1. The Morgan fingerprint density at radius 1 is 1.29 bits per heavy atom. The molecule has 13 heteroatoms. The number of nitrogens with one attached hydrogen (secondary N) is 1. The third-order valence-corrected chi connectivity index (χ3v) is 7.90. The summed E-state index contributed by atoms with van der Waals surface area (Å²) in [4.78, 5) is 25.3. The minimum atomic E-state index is -4.02. The number of sulfonamides is 1. The number of benzene rings is 2. The molecule has 3 aromatic rings. The maximum Gasteiger partial charge on any atom is 0.313 e. The van der Waals surface area contributed by atoms with Gasteiger partial charge in [0, 0.05) is 19.2 Å². The van der Waals surface area contributed by atoms with Crippen LogP contribution in [0.2, 0.25) is 5.02 Å². The monoisotopic (exact) mass is 532 g/mol. The zero-order valence-corrected chi connectivity index (χ0v) is 20.3. The first-order valence-electron chi connectivity index (χ1n) is 10.2. The summed E-state index contributed by atoms with van der Waals surface area (Å²) in [5.41, 5.74) is 0.490. The number of hydrogen-bond donors (Lipinski definition) is 1. The van der Waals surface area contributed by atoms with E-state index in [-0.39, 0.29) is 33.0 Å². The van der Waals surface area contributed by atoms with Crippen molar-refractivity contribution in [1.82, 2.24) is 9.62 Å². The average molecular weight is 533 g/mol. The van der Waals surface area contributed by atoms with Gasteiger partial charge in [0.05, 0.1) is 14.8 Å². The van der Waals surface area contributed by atoms with Gasteiger partial charge in [0.1, 0.15) is 22.7 Å². The van der Waals surface area contributed by atoms with Crippen LogP contribution in [0.15, 0.2) is 58.8 Å². The van der Waals surface area contributed by atoms with Crippen LogP contribution in [-0.2, 0) is 21.4 Å². The molecule has 0 saturated carbocycles. The molecule has 1 aliphatic heterocycles. The zero-order valence-electron chi connectivity index (χ0n) is 17.9. The summed E-state index contributed by atoms with van der Waals surface area (Å²) in [5, 5.41) is 22.0. The number of ether oxygens (including phenoxy) is 1. The van der Waals surface area contributed by atoms with Crippen molar-refractivity contribution in [2.75, 3.05) is 6.54 Å². The Bertz CT molecular complexity index is 1430. The molecule has 1 saturated heterocycles. The van der Waals surface area contributed by atoms with E-state index >= 15 is 0 Å². The molecule has 0 unspecified atom stereocenters. The zero-order chi connectivity index (χ0) is 25.2. The van der Waals surface area contributed by atoms with Crippen molar-refractivity contribution in [1.29, 1.82) is 5.26 Å². The first-order chi connectivity index (χ1) is 16.7. The van der Waals surface area contributed by atoms with Crippen LogP contribution < -0.4 is 9.46 Å². The molecule has 2 heterocycles. The van der Waals surface area contributed by atoms with Crippen molar-refractivity contribution in [3.05, 3.63) is 79.5 Å². The Kier molecular flexibility index (Phi) is 7.04. The maximum atomic E-state index is 12.8. The van der Waals surface area contributed by atoms with Gasteiger partial charge in [-0.2, -0.15) is 9.98 Å². The van der Waals surface area contributed by atoms with E-state index in [1.165, 1.54) is 53.8 Å². The topological polar surface area (TPSA) is 143 Å². The third-order valence-electron chi connectivity index (χ3n) is 5.23. The van der Waals surface area contributed by atoms with Crippen LogP contribution in [0, 0.1) is 21.4 Å². The fraction of sp³-hybridized carbons (Fsp3) is 0.182. The number of nitrogens with zero attached hydrogens (tertiary/aromatic N) is 3. The van der Waals surface area contributed by atoms with E-state index in [0.29, 0.717) is 24.4 Å². The van der Waals surface area contributed by atoms with Crippen molar-refractivity contribution >= 4 is 44.6 Å². The number of carbonyl (C=O) groups is 1. The molecule has 180 valence electrons. The second-order valence-electron chi connectivity index (χ2n) is 7.57. The largest absolute Gasteiger partial charge is 0.449 e. The molecule has 35 heavy (non-hydrogen) atoms. The van der Waals surface area contributed by atoms with Gasteiger partial charge in [-0.3, -0.25) is 14.9 Å². The Labute approximate surface area is 209 Å². The van der Waals surface area contributed by atoms with Crippen LogP contribution >= 0.6 is 22.9 Å². The van der Waals surface area contributed by atoms with Crippen molar-refractivity contribution in [2.24, 2.45) is 0 Å². The summed E-state index contributed by atoms with van der Waals surface area (Å²) in [7, 11) is -4.02. The average Bonchev–Trinajstić information content (AvgIpc) is 3.42. The standard InChI is InChI=1S/C22H17ClN4O6S2/c23-18-2-1-3-20(27(29)30)21(18)33-15-4-6-17(7-5-15)35(31,32)25-19-8-9-26(22(19)28)12-14-10-16(11-24)34-13-14/h1-7,10,13,19,25H,8-9,12H2/t19-/m0/s1. The van der Waals surface area contributed by atoms with E-state index < -0.39 is 21.0 Å². The molecular formula is C22H17ClN4O6S2. The fourth-order valence-electron chi connectivity index (χ4n) is 3.55. The molecular weight excluding hydrogens is 516 g/mol. The molecule has 1 aromatic heterocycles. The minimum absolute atomic E-state index is 0.0353. The van der Waals surface area contributed by atoms with E-state index in [1.54, 1.807) is 16.3 Å². The first kappa shape index (κ1) is 24.6. The Balaban J connectivity index is 1.43. The molecule has 4 rings (SSSR count). The van der Waals surface area contributed by atoms with Crippen LogP contribution in [0.1, 0.15) is 16.9 Å². The summed E-state index contributed by atoms with van der Waals surface area (Å²) in [6, 6.07) is 12.2. The van der Waals surface area contributed by atoms with E-state index in [0.717, 1.165) is 5.56 Å². The number of nitro benzene ring substituents is 1. The molecule has 1 fully saturated rings. The van der Waals surface area contributed by atoms with Gasteiger partial charge in [0.25, 0.3) is 0 Å². The first-order valence-corrected chi connectivity index (χ1v) is 12.9. The second kappa shape index (κ2) is 10.0. The van der Waals surface area contributed by atoms with E-state index in [2.05, 4.69) is 4.72 Å². The summed E-state index contributed by atoms with van der Waals surface area (Å²) in [6.45, 7) is 0.683. The molecule has 2 aromatic carbocycles. The number of thiophene rings is 1. The number of rotatable bonds is 8. The lowest BCUT2D eigenvalue weighted by molar-refractivity contribution is -0.385. The Morgan fingerprint density at radius 2 is 2.03 bits per heavy atom. The van der Waals surface area contributed by atoms with Crippen LogP contribution in [0.5, 0.6) is 11.5 Å². The molecule has 1 amide bonds. The lowest BCUT2D eigenvalue weighted by Gasteiger charge is -2.16. The van der Waals surface area contributed by atoms with Gasteiger partial charge in [-0.05, 0) is 53.8 Å². The van der Waals surface area contributed by atoms with Gasteiger partial charge < -0.3 is 9.64 Å². The molecule has 10 nitrogen and oxygen atoms in total. The second-order valence-corrected chi connectivity index (χ2v) is 10.6. The van der Waals surface area contributed by atoms with Gasteiger partial charge in [-0.15, -0.1) is 11.3 Å². The molecule has 0 bridgehead atoms. The SMILES string of the molecule is N#Cc1cc(CN2CC[C@H](NS(=O)(=O)c3ccc(Oc4c(Cl)cccc4[N+](=O)[O-])cc3)C2=O)cs1. The van der Waals surface area contributed by atoms with Crippen molar-refractivity contribution in [3.63, 3.8) is 0 Å². The number of hydrogen-bond acceptors (Lipinski definition) is 8. The normalized spacial score (nSPS) is 15.7. The minimum Gasteiger partial charge on any atom is -0.449 e. The molecule has 0 aliphatic carbocycles. The number of likely N-dealkylation sites (tertiary alicyclic amines) is 1.